The minimum atomic E-state index is -0.372. The highest BCUT2D eigenvalue weighted by Crippen LogP contribution is 2.44. The van der Waals surface area contributed by atoms with Crippen LogP contribution < -0.4 is 0 Å². The lowest BCUT2D eigenvalue weighted by atomic mass is 9.98. The number of benzene rings is 2. The molecule has 1 amide bonds. The van der Waals surface area contributed by atoms with Crippen LogP contribution in [0.4, 0.5) is 4.39 Å². The number of nitrogens with zero attached hydrogens (tertiary/aromatic N) is 2. The van der Waals surface area contributed by atoms with Gasteiger partial charge in [-0.05, 0) is 35.7 Å². The van der Waals surface area contributed by atoms with Crippen LogP contribution >= 0.6 is 0 Å². The molecule has 0 aliphatic carbocycles. The van der Waals surface area contributed by atoms with Crippen LogP contribution in [-0.2, 0) is 19.5 Å². The highest BCUT2D eigenvalue weighted by Gasteiger charge is 2.35. The van der Waals surface area contributed by atoms with Gasteiger partial charge in [0.25, 0.3) is 5.91 Å². The average molecular weight is 352 g/mol. The monoisotopic (exact) mass is 352 g/mol. The van der Waals surface area contributed by atoms with Gasteiger partial charge >= 0.3 is 0 Å². The minimum Gasteiger partial charge on any atom is -0.507 e. The molecule has 0 spiro atoms. The molecule has 0 saturated carbocycles. The Kier molecular flexibility index (Phi) is 3.76. The molecule has 3 aromatic rings. The van der Waals surface area contributed by atoms with Gasteiger partial charge in [-0.25, -0.2) is 4.39 Å². The number of fused-ring (bicyclic) bond motifs is 2. The first-order valence-electron chi connectivity index (χ1n) is 8.39. The summed E-state index contributed by atoms with van der Waals surface area (Å²) in [5.41, 5.74) is 2.36. The van der Waals surface area contributed by atoms with Gasteiger partial charge in [0, 0.05) is 23.7 Å². The van der Waals surface area contributed by atoms with E-state index < -0.39 is 0 Å². The van der Waals surface area contributed by atoms with Crippen LogP contribution in [0.5, 0.6) is 11.5 Å². The number of carbonyl (C=O) groups excluding carboxylic acids is 1. The predicted octanol–water partition coefficient (Wildman–Crippen LogP) is 3.50. The van der Waals surface area contributed by atoms with E-state index in [0.717, 1.165) is 11.1 Å². The second-order valence-corrected chi connectivity index (χ2v) is 6.39. The van der Waals surface area contributed by atoms with Crippen LogP contribution in [0.1, 0.15) is 34.0 Å². The van der Waals surface area contributed by atoms with Crippen molar-refractivity contribution in [1.82, 2.24) is 9.88 Å². The molecule has 26 heavy (non-hydrogen) atoms. The average Bonchev–Trinajstić information content (AvgIpc) is 2.98. The molecular formula is C20H17FN2O3. The zero-order valence-corrected chi connectivity index (χ0v) is 14.2. The molecule has 1 aliphatic heterocycles. The lowest BCUT2D eigenvalue weighted by Crippen LogP contribution is -2.23. The molecule has 6 heteroatoms. The third kappa shape index (κ3) is 2.37. The summed E-state index contributed by atoms with van der Waals surface area (Å²) in [5, 5.41) is 21.9. The van der Waals surface area contributed by atoms with Crippen molar-refractivity contribution < 1.29 is 19.4 Å². The fourth-order valence-corrected chi connectivity index (χ4v) is 3.51. The SMILES string of the molecule is CCc1ccnc2c(O)c3c(c(O)c12)CN(Cc1ccc(F)cc1)C3=O. The van der Waals surface area contributed by atoms with Crippen molar-refractivity contribution in [2.75, 3.05) is 0 Å². The van der Waals surface area contributed by atoms with Crippen LogP contribution in [0.3, 0.4) is 0 Å². The number of phenolic OH excluding ortho intramolecular Hbond substituents is 2. The zero-order valence-electron chi connectivity index (χ0n) is 14.2. The number of rotatable bonds is 3. The molecule has 132 valence electrons. The molecule has 0 atom stereocenters. The van der Waals surface area contributed by atoms with E-state index in [9.17, 15) is 19.4 Å². The molecule has 2 N–H and O–H groups in total. The number of aromatic nitrogens is 1. The van der Waals surface area contributed by atoms with Crippen molar-refractivity contribution in [3.63, 3.8) is 0 Å². The van der Waals surface area contributed by atoms with Gasteiger partial charge in [-0.1, -0.05) is 19.1 Å². The van der Waals surface area contributed by atoms with Gasteiger partial charge in [0.15, 0.2) is 5.75 Å². The number of amides is 1. The summed E-state index contributed by atoms with van der Waals surface area (Å²) in [4.78, 5) is 18.5. The highest BCUT2D eigenvalue weighted by atomic mass is 19.1. The number of aryl methyl sites for hydroxylation is 1. The molecule has 0 bridgehead atoms. The third-order valence-corrected chi connectivity index (χ3v) is 4.84. The summed E-state index contributed by atoms with van der Waals surface area (Å²) in [7, 11) is 0. The molecule has 5 nitrogen and oxygen atoms in total. The number of hydrogen-bond donors (Lipinski definition) is 2. The van der Waals surface area contributed by atoms with Crippen molar-refractivity contribution in [3.05, 3.63) is 64.6 Å². The predicted molar refractivity (Wildman–Crippen MR) is 94.4 cm³/mol. The van der Waals surface area contributed by atoms with Crippen LogP contribution in [0.15, 0.2) is 36.5 Å². The maximum absolute atomic E-state index is 13.1. The minimum absolute atomic E-state index is 0.00675. The van der Waals surface area contributed by atoms with E-state index in [0.29, 0.717) is 17.4 Å². The van der Waals surface area contributed by atoms with Gasteiger partial charge < -0.3 is 15.1 Å². The summed E-state index contributed by atoms with van der Waals surface area (Å²) in [6.07, 6.45) is 2.22. The van der Waals surface area contributed by atoms with Crippen LogP contribution in [-0.4, -0.2) is 26.0 Å². The Morgan fingerprint density at radius 3 is 2.58 bits per heavy atom. The molecular weight excluding hydrogens is 335 g/mol. The molecule has 0 saturated heterocycles. The fourth-order valence-electron chi connectivity index (χ4n) is 3.51. The maximum Gasteiger partial charge on any atom is 0.258 e. The van der Waals surface area contributed by atoms with Crippen molar-refractivity contribution in [3.8, 4) is 11.5 Å². The zero-order chi connectivity index (χ0) is 18.4. The molecule has 2 aromatic carbocycles. The van der Waals surface area contributed by atoms with E-state index in [2.05, 4.69) is 4.98 Å². The van der Waals surface area contributed by atoms with Gasteiger partial charge in [-0.3, -0.25) is 9.78 Å². The summed E-state index contributed by atoms with van der Waals surface area (Å²) in [5.74, 6) is -0.922. The van der Waals surface area contributed by atoms with Gasteiger partial charge in [0.05, 0.1) is 12.1 Å². The Hall–Kier alpha value is -3.15. The topological polar surface area (TPSA) is 73.7 Å². The van der Waals surface area contributed by atoms with Gasteiger partial charge in [-0.2, -0.15) is 0 Å². The summed E-state index contributed by atoms with van der Waals surface area (Å²) in [6, 6.07) is 7.69. The molecule has 1 aliphatic rings. The van der Waals surface area contributed by atoms with Gasteiger partial charge in [0.2, 0.25) is 0 Å². The molecule has 2 heterocycles. The normalized spacial score (nSPS) is 13.5. The molecule has 0 radical (unpaired) electrons. The Morgan fingerprint density at radius 2 is 1.88 bits per heavy atom. The number of pyridine rings is 1. The first-order chi connectivity index (χ1) is 12.5. The van der Waals surface area contributed by atoms with Crippen molar-refractivity contribution in [2.24, 2.45) is 0 Å². The Labute approximate surface area is 149 Å². The van der Waals surface area contributed by atoms with Crippen LogP contribution in [0, 0.1) is 5.82 Å². The van der Waals surface area contributed by atoms with E-state index in [1.165, 1.54) is 17.0 Å². The van der Waals surface area contributed by atoms with Crippen molar-refractivity contribution in [2.45, 2.75) is 26.4 Å². The number of phenols is 2. The van der Waals surface area contributed by atoms with Crippen molar-refractivity contribution in [1.29, 1.82) is 0 Å². The largest absolute Gasteiger partial charge is 0.507 e. The summed E-state index contributed by atoms with van der Waals surface area (Å²) < 4.78 is 13.1. The quantitative estimate of drug-likeness (QED) is 0.708. The molecule has 0 unspecified atom stereocenters. The van der Waals surface area contributed by atoms with E-state index in [-0.39, 0.29) is 47.4 Å². The van der Waals surface area contributed by atoms with Crippen molar-refractivity contribution >= 4 is 16.8 Å². The van der Waals surface area contributed by atoms with Gasteiger partial charge in [-0.15, -0.1) is 0 Å². The number of aromatic hydroxyl groups is 2. The first-order valence-corrected chi connectivity index (χ1v) is 8.39. The third-order valence-electron chi connectivity index (χ3n) is 4.84. The van der Waals surface area contributed by atoms with E-state index in [1.807, 2.05) is 6.92 Å². The smallest absolute Gasteiger partial charge is 0.258 e. The fraction of sp³-hybridized carbons (Fsp3) is 0.200. The van der Waals surface area contributed by atoms with Gasteiger partial charge in [0.1, 0.15) is 17.1 Å². The summed E-state index contributed by atoms with van der Waals surface area (Å²) in [6.45, 7) is 2.39. The second kappa shape index (κ2) is 5.98. The van der Waals surface area contributed by atoms with E-state index >= 15 is 0 Å². The first kappa shape index (κ1) is 16.3. The number of carbonyl (C=O) groups is 1. The Morgan fingerprint density at radius 1 is 1.15 bits per heavy atom. The highest BCUT2D eigenvalue weighted by molar-refractivity contribution is 6.09. The Bertz CT molecular complexity index is 1030. The Balaban J connectivity index is 1.80. The number of hydrogen-bond acceptors (Lipinski definition) is 4. The van der Waals surface area contributed by atoms with Crippen LogP contribution in [0.2, 0.25) is 0 Å². The molecule has 0 fully saturated rings. The molecule has 4 rings (SSSR count). The second-order valence-electron chi connectivity index (χ2n) is 6.39. The number of halogens is 1. The molecule has 1 aromatic heterocycles. The van der Waals surface area contributed by atoms with E-state index in [1.54, 1.807) is 24.4 Å². The lowest BCUT2D eigenvalue weighted by molar-refractivity contribution is 0.0764. The lowest BCUT2D eigenvalue weighted by Gasteiger charge is -2.15. The summed E-state index contributed by atoms with van der Waals surface area (Å²) >= 11 is 0. The maximum atomic E-state index is 13.1. The van der Waals surface area contributed by atoms with E-state index in [4.69, 9.17) is 0 Å². The standard InChI is InChI=1S/C20H17FN2O3/c1-2-12-7-8-22-17-15(12)18(24)14-10-23(20(26)16(14)19(17)25)9-11-3-5-13(21)6-4-11/h3-8,24-25H,2,9-10H2,1H3. The van der Waals surface area contributed by atoms with Crippen LogP contribution in [0.25, 0.3) is 10.9 Å².